The Bertz CT molecular complexity index is 1270. The fourth-order valence-corrected chi connectivity index (χ4v) is 3.76. The molecule has 174 valence electrons. The van der Waals surface area contributed by atoms with Gasteiger partial charge in [-0.15, -0.1) is 0 Å². The number of ether oxygens (including phenoxy) is 4. The van der Waals surface area contributed by atoms with E-state index in [1.54, 1.807) is 49.6 Å². The van der Waals surface area contributed by atoms with Crippen LogP contribution in [0.2, 0.25) is 0 Å². The minimum atomic E-state index is -0.450. The van der Waals surface area contributed by atoms with Gasteiger partial charge in [-0.1, -0.05) is 0 Å². The lowest BCUT2D eigenvalue weighted by atomic mass is 10.0. The molecule has 0 aromatic heterocycles. The molecule has 0 spiro atoms. The van der Waals surface area contributed by atoms with E-state index in [1.165, 1.54) is 26.4 Å². The van der Waals surface area contributed by atoms with Crippen LogP contribution >= 0.6 is 15.9 Å². The van der Waals surface area contributed by atoms with Crippen molar-refractivity contribution in [1.29, 1.82) is 5.26 Å². The van der Waals surface area contributed by atoms with Gasteiger partial charge in [0, 0.05) is 12.1 Å². The molecule has 0 atom stereocenters. The molecule has 0 heterocycles. The van der Waals surface area contributed by atoms with Gasteiger partial charge in [-0.05, 0) is 81.2 Å². The number of nitro benzene ring substituents is 1. The largest absolute Gasteiger partial charge is 0.493 e. The number of nitrogens with zero attached hydrogens (tertiary/aromatic N) is 2. The molecule has 0 radical (unpaired) electrons. The Balaban J connectivity index is 1.87. The van der Waals surface area contributed by atoms with E-state index >= 15 is 0 Å². The molecule has 0 fully saturated rings. The molecular weight excluding hydrogens is 504 g/mol. The third kappa shape index (κ3) is 5.66. The molecule has 0 amide bonds. The van der Waals surface area contributed by atoms with Crippen molar-refractivity contribution in [3.05, 3.63) is 85.9 Å². The van der Waals surface area contributed by atoms with Gasteiger partial charge < -0.3 is 18.9 Å². The molecule has 0 bridgehead atoms. The van der Waals surface area contributed by atoms with Gasteiger partial charge in [0.2, 0.25) is 0 Å². The number of hydrogen-bond donors (Lipinski definition) is 0. The Labute approximate surface area is 205 Å². The molecule has 3 rings (SSSR count). The second-order valence-electron chi connectivity index (χ2n) is 6.99. The molecule has 3 aromatic rings. The number of rotatable bonds is 9. The van der Waals surface area contributed by atoms with Gasteiger partial charge in [-0.2, -0.15) is 5.26 Å². The lowest BCUT2D eigenvalue weighted by Gasteiger charge is -2.14. The van der Waals surface area contributed by atoms with Crippen LogP contribution in [0, 0.1) is 21.4 Å². The van der Waals surface area contributed by atoms with Gasteiger partial charge in [0.25, 0.3) is 5.69 Å². The quantitative estimate of drug-likeness (QED) is 0.146. The minimum absolute atomic E-state index is 0.0152. The van der Waals surface area contributed by atoms with E-state index in [0.29, 0.717) is 38.6 Å². The molecular formula is C25H21BrN2O6. The number of halogens is 1. The molecule has 0 saturated heterocycles. The number of benzene rings is 3. The fourth-order valence-electron chi connectivity index (χ4n) is 3.18. The highest BCUT2D eigenvalue weighted by molar-refractivity contribution is 9.10. The van der Waals surface area contributed by atoms with Gasteiger partial charge in [0.05, 0.1) is 42.4 Å². The highest BCUT2D eigenvalue weighted by Gasteiger charge is 2.14. The predicted octanol–water partition coefficient (Wildman–Crippen LogP) is 6.03. The predicted molar refractivity (Wildman–Crippen MR) is 131 cm³/mol. The summed E-state index contributed by atoms with van der Waals surface area (Å²) in [4.78, 5) is 10.4. The molecule has 0 saturated carbocycles. The van der Waals surface area contributed by atoms with Crippen molar-refractivity contribution in [2.75, 3.05) is 21.3 Å². The van der Waals surface area contributed by atoms with E-state index in [9.17, 15) is 15.4 Å². The lowest BCUT2D eigenvalue weighted by Crippen LogP contribution is -1.99. The highest BCUT2D eigenvalue weighted by Crippen LogP contribution is 2.38. The SMILES string of the molecule is COc1ccc(/C(C#N)=C/c2cc(Br)c(OCc3ccc([N+](=O)[O-])cc3)c(OC)c2)cc1OC. The van der Waals surface area contributed by atoms with E-state index in [2.05, 4.69) is 22.0 Å². The first-order chi connectivity index (χ1) is 16.4. The van der Waals surface area contributed by atoms with Crippen molar-refractivity contribution in [2.24, 2.45) is 0 Å². The number of allylic oxidation sites excluding steroid dienone is 1. The van der Waals surface area contributed by atoms with Crippen LogP contribution in [0.3, 0.4) is 0 Å². The van der Waals surface area contributed by atoms with Crippen molar-refractivity contribution in [3.63, 3.8) is 0 Å². The zero-order valence-electron chi connectivity index (χ0n) is 18.7. The third-order valence-electron chi connectivity index (χ3n) is 4.91. The summed E-state index contributed by atoms with van der Waals surface area (Å²) in [7, 11) is 4.61. The summed E-state index contributed by atoms with van der Waals surface area (Å²) in [6, 6.07) is 17.2. The monoisotopic (exact) mass is 524 g/mol. The first kappa shape index (κ1) is 24.6. The average molecular weight is 525 g/mol. The van der Waals surface area contributed by atoms with E-state index < -0.39 is 4.92 Å². The van der Waals surface area contributed by atoms with Gasteiger partial charge in [-0.25, -0.2) is 0 Å². The van der Waals surface area contributed by atoms with Crippen LogP contribution < -0.4 is 18.9 Å². The Kier molecular flexibility index (Phi) is 8.11. The highest BCUT2D eigenvalue weighted by atomic mass is 79.9. The van der Waals surface area contributed by atoms with Crippen LogP contribution in [0.1, 0.15) is 16.7 Å². The Morgan fingerprint density at radius 3 is 2.26 bits per heavy atom. The van der Waals surface area contributed by atoms with Crippen LogP contribution in [-0.4, -0.2) is 26.3 Å². The standard InChI is InChI=1S/C25H21BrN2O6/c1-31-22-9-6-18(13-23(22)32-2)19(14-27)10-17-11-21(26)25(24(12-17)33-3)34-15-16-4-7-20(8-5-16)28(29)30/h4-13H,15H2,1-3H3/b19-10+. The molecule has 8 nitrogen and oxygen atoms in total. The third-order valence-corrected chi connectivity index (χ3v) is 5.50. The number of methoxy groups -OCH3 is 3. The summed E-state index contributed by atoms with van der Waals surface area (Å²) < 4.78 is 22.6. The van der Waals surface area contributed by atoms with Crippen molar-refractivity contribution in [3.8, 4) is 29.1 Å². The normalized spacial score (nSPS) is 10.9. The Hall–Kier alpha value is -4.03. The first-order valence-corrected chi connectivity index (χ1v) is 10.8. The van der Waals surface area contributed by atoms with E-state index in [4.69, 9.17) is 18.9 Å². The van der Waals surface area contributed by atoms with Crippen molar-refractivity contribution >= 4 is 33.3 Å². The summed E-state index contributed by atoms with van der Waals surface area (Å²) in [5.41, 5.74) is 2.60. The zero-order valence-corrected chi connectivity index (χ0v) is 20.3. The summed E-state index contributed by atoms with van der Waals surface area (Å²) in [5, 5.41) is 20.6. The van der Waals surface area contributed by atoms with E-state index in [-0.39, 0.29) is 12.3 Å². The van der Waals surface area contributed by atoms with Crippen LogP contribution in [0.4, 0.5) is 5.69 Å². The van der Waals surface area contributed by atoms with E-state index in [1.807, 2.05) is 6.07 Å². The van der Waals surface area contributed by atoms with Gasteiger partial charge >= 0.3 is 0 Å². The molecule has 0 aliphatic rings. The van der Waals surface area contributed by atoms with Crippen LogP contribution in [0.25, 0.3) is 11.6 Å². The summed E-state index contributed by atoms with van der Waals surface area (Å²) in [5.74, 6) is 2.03. The summed E-state index contributed by atoms with van der Waals surface area (Å²) in [6.45, 7) is 0.192. The molecule has 0 aliphatic heterocycles. The number of nitriles is 1. The second kappa shape index (κ2) is 11.2. The number of hydrogen-bond acceptors (Lipinski definition) is 7. The molecule has 34 heavy (non-hydrogen) atoms. The van der Waals surface area contributed by atoms with Crippen molar-refractivity contribution in [2.45, 2.75) is 6.61 Å². The fraction of sp³-hybridized carbons (Fsp3) is 0.160. The molecule has 3 aromatic carbocycles. The van der Waals surface area contributed by atoms with Gasteiger partial charge in [0.15, 0.2) is 23.0 Å². The lowest BCUT2D eigenvalue weighted by molar-refractivity contribution is -0.384. The maximum Gasteiger partial charge on any atom is 0.269 e. The maximum atomic E-state index is 10.8. The second-order valence-corrected chi connectivity index (χ2v) is 7.84. The van der Waals surface area contributed by atoms with Crippen LogP contribution in [0.5, 0.6) is 23.0 Å². The van der Waals surface area contributed by atoms with Crippen LogP contribution in [0.15, 0.2) is 59.1 Å². The van der Waals surface area contributed by atoms with Gasteiger partial charge in [0.1, 0.15) is 6.61 Å². The summed E-state index contributed by atoms with van der Waals surface area (Å²) in [6.07, 6.45) is 1.73. The molecule has 0 N–H and O–H groups in total. The number of nitro groups is 1. The average Bonchev–Trinajstić information content (AvgIpc) is 2.86. The Morgan fingerprint density at radius 1 is 1.00 bits per heavy atom. The van der Waals surface area contributed by atoms with Gasteiger partial charge in [-0.3, -0.25) is 10.1 Å². The Morgan fingerprint density at radius 2 is 1.68 bits per heavy atom. The first-order valence-electron chi connectivity index (χ1n) is 9.98. The maximum absolute atomic E-state index is 10.8. The molecule has 0 unspecified atom stereocenters. The molecule has 0 aliphatic carbocycles. The van der Waals surface area contributed by atoms with Crippen molar-refractivity contribution < 1.29 is 23.9 Å². The van der Waals surface area contributed by atoms with E-state index in [0.717, 1.165) is 11.1 Å². The summed E-state index contributed by atoms with van der Waals surface area (Å²) >= 11 is 3.51. The molecule has 9 heteroatoms. The zero-order chi connectivity index (χ0) is 24.7. The number of non-ortho nitro benzene ring substituents is 1. The minimum Gasteiger partial charge on any atom is -0.493 e. The van der Waals surface area contributed by atoms with Crippen LogP contribution in [-0.2, 0) is 6.61 Å². The topological polar surface area (TPSA) is 104 Å². The smallest absolute Gasteiger partial charge is 0.269 e. The van der Waals surface area contributed by atoms with Crippen molar-refractivity contribution in [1.82, 2.24) is 0 Å².